The van der Waals surface area contributed by atoms with Gasteiger partial charge in [0.2, 0.25) is 0 Å². The van der Waals surface area contributed by atoms with Crippen LogP contribution < -0.4 is 9.89 Å². The molecule has 186 valence electrons. The Hall–Kier alpha value is -3.90. The molecular weight excluding hydrogens is 538 g/mol. The van der Waals surface area contributed by atoms with Gasteiger partial charge in [-0.05, 0) is 29.0 Å². The van der Waals surface area contributed by atoms with Crippen molar-refractivity contribution in [2.24, 2.45) is 4.99 Å². The Morgan fingerprint density at radius 1 is 0.667 bits per heavy atom. The second-order valence-corrected chi connectivity index (χ2v) is 12.6. The number of hydrogen-bond donors (Lipinski definition) is 0. The molecule has 1 aliphatic rings. The lowest BCUT2D eigenvalue weighted by Gasteiger charge is -2.28. The van der Waals surface area contributed by atoms with E-state index < -0.39 is 5.62 Å². The molecule has 0 fully saturated rings. The van der Waals surface area contributed by atoms with E-state index in [0.717, 1.165) is 21.1 Å². The molecule has 0 saturated heterocycles. The fourth-order valence-electron chi connectivity index (χ4n) is 6.37. The minimum Gasteiger partial charge on any atom is -0.325 e. The highest BCUT2D eigenvalue weighted by molar-refractivity contribution is 7.27. The Morgan fingerprint density at radius 2 is 1.26 bits per heavy atom. The van der Waals surface area contributed by atoms with Gasteiger partial charge in [0.25, 0.3) is 0 Å². The minimum atomic E-state index is -0.500. The highest BCUT2D eigenvalue weighted by atomic mass is 35.5. The van der Waals surface area contributed by atoms with E-state index in [1.807, 2.05) is 11.3 Å². The van der Waals surface area contributed by atoms with Gasteiger partial charge in [0.15, 0.2) is 5.62 Å². The molecule has 0 radical (unpaired) electrons. The van der Waals surface area contributed by atoms with Crippen molar-refractivity contribution in [2.45, 2.75) is 5.62 Å². The van der Waals surface area contributed by atoms with Crippen molar-refractivity contribution < 1.29 is 0 Å². The van der Waals surface area contributed by atoms with Crippen LogP contribution in [0.1, 0.15) is 0 Å². The first-order valence-electron chi connectivity index (χ1n) is 12.9. The van der Waals surface area contributed by atoms with Crippen molar-refractivity contribution >= 4 is 103 Å². The average molecular weight is 558 g/mol. The van der Waals surface area contributed by atoms with E-state index in [0.29, 0.717) is 0 Å². The Bertz CT molecular complexity index is 2450. The van der Waals surface area contributed by atoms with Gasteiger partial charge in [-0.3, -0.25) is 4.57 Å². The average Bonchev–Trinajstić information content (AvgIpc) is 3.64. The lowest BCUT2D eigenvalue weighted by atomic mass is 9.99. The van der Waals surface area contributed by atoms with Gasteiger partial charge in [0, 0.05) is 43.4 Å². The Balaban J connectivity index is 1.63. The number of halogens is 1. The molecule has 0 aliphatic carbocycles. The lowest BCUT2D eigenvalue weighted by Crippen LogP contribution is -2.42. The number of hydrogen-bond acceptors (Lipinski definition) is 4. The van der Waals surface area contributed by atoms with Gasteiger partial charge in [-0.1, -0.05) is 90.5 Å². The first-order valence-corrected chi connectivity index (χ1v) is 15.0. The van der Waals surface area contributed by atoms with Crippen LogP contribution in [0.5, 0.6) is 0 Å². The molecule has 6 heteroatoms. The maximum absolute atomic E-state index is 6.98. The number of thiophene rings is 2. The van der Waals surface area contributed by atoms with Crippen LogP contribution in [0, 0.1) is 0 Å². The second kappa shape index (κ2) is 7.82. The summed E-state index contributed by atoms with van der Waals surface area (Å²) in [6.45, 7) is 0. The van der Waals surface area contributed by atoms with Crippen LogP contribution in [-0.2, 0) is 0 Å². The third kappa shape index (κ3) is 2.80. The predicted molar refractivity (Wildman–Crippen MR) is 169 cm³/mol. The molecular formula is C33H20ClN3S2. The summed E-state index contributed by atoms with van der Waals surface area (Å²) < 4.78 is 7.45. The monoisotopic (exact) mass is 557 g/mol. The summed E-state index contributed by atoms with van der Waals surface area (Å²) in [5, 5.41) is 9.90. The third-order valence-corrected chi connectivity index (χ3v) is 10.7. The molecule has 4 heterocycles. The highest BCUT2D eigenvalue weighted by Gasteiger charge is 2.28. The van der Waals surface area contributed by atoms with Crippen molar-refractivity contribution in [3.8, 4) is 0 Å². The predicted octanol–water partition coefficient (Wildman–Crippen LogP) is 8.23. The zero-order valence-corrected chi connectivity index (χ0v) is 23.2. The van der Waals surface area contributed by atoms with Crippen LogP contribution in [0.2, 0.25) is 0 Å². The molecule has 5 aromatic carbocycles. The van der Waals surface area contributed by atoms with E-state index in [9.17, 15) is 0 Å². The van der Waals surface area contributed by atoms with Gasteiger partial charge in [-0.15, -0.1) is 22.7 Å². The SMILES string of the molecule is CN1C(n2c3ccccc3c3c4ccccc4c4c5ccccc5sc4c32)=c2sc3ccccc3c2=NC1Cl. The van der Waals surface area contributed by atoms with E-state index in [-0.39, 0.29) is 0 Å². The summed E-state index contributed by atoms with van der Waals surface area (Å²) in [4.78, 5) is 7.08. The number of nitrogens with zero attached hydrogens (tertiary/aromatic N) is 3. The summed E-state index contributed by atoms with van der Waals surface area (Å²) in [5.41, 5.74) is 1.92. The molecule has 0 spiro atoms. The molecule has 8 aromatic rings. The molecule has 9 rings (SSSR count). The van der Waals surface area contributed by atoms with Crippen LogP contribution in [0.15, 0.2) is 102 Å². The first kappa shape index (κ1) is 22.0. The van der Waals surface area contributed by atoms with Crippen molar-refractivity contribution in [3.05, 3.63) is 107 Å². The Kier molecular flexibility index (Phi) is 4.41. The smallest absolute Gasteiger partial charge is 0.199 e. The second-order valence-electron chi connectivity index (χ2n) is 10.1. The summed E-state index contributed by atoms with van der Waals surface area (Å²) in [7, 11) is 2.06. The number of benzene rings is 5. The zero-order valence-electron chi connectivity index (χ0n) is 20.9. The fraction of sp³-hybridized carbons (Fsp3) is 0.0606. The van der Waals surface area contributed by atoms with Gasteiger partial charge in [0.05, 0.1) is 25.6 Å². The van der Waals surface area contributed by atoms with Gasteiger partial charge in [-0.25, -0.2) is 4.99 Å². The van der Waals surface area contributed by atoms with E-state index in [1.165, 1.54) is 57.5 Å². The van der Waals surface area contributed by atoms with Crippen molar-refractivity contribution in [1.82, 2.24) is 9.47 Å². The molecule has 0 saturated carbocycles. The van der Waals surface area contributed by atoms with Crippen LogP contribution >= 0.6 is 34.3 Å². The maximum Gasteiger partial charge on any atom is 0.199 e. The summed E-state index contributed by atoms with van der Waals surface area (Å²) in [5.74, 6) is 1.08. The molecule has 1 atom stereocenters. The number of para-hydroxylation sites is 1. The molecule has 0 N–H and O–H groups in total. The van der Waals surface area contributed by atoms with Gasteiger partial charge < -0.3 is 4.90 Å². The van der Waals surface area contributed by atoms with E-state index in [1.54, 1.807) is 11.3 Å². The Labute approximate surface area is 236 Å². The largest absolute Gasteiger partial charge is 0.325 e. The number of alkyl halides is 1. The van der Waals surface area contributed by atoms with Crippen LogP contribution in [0.25, 0.3) is 68.7 Å². The number of aromatic nitrogens is 1. The summed E-state index contributed by atoms with van der Waals surface area (Å²) >= 11 is 10.7. The molecule has 3 nitrogen and oxygen atoms in total. The van der Waals surface area contributed by atoms with Crippen LogP contribution in [-0.4, -0.2) is 22.1 Å². The van der Waals surface area contributed by atoms with E-state index in [2.05, 4.69) is 114 Å². The zero-order chi connectivity index (χ0) is 25.8. The summed E-state index contributed by atoms with van der Waals surface area (Å²) in [6, 6.07) is 35.0. The standard InChI is InChI=1S/C33H20ClN3S2/c1-36-32(31-28(35-33(36)34)22-14-6-9-17-25(22)39-31)37-23-15-7-4-12-20(23)26-18-10-2-3-11-19(18)27-21-13-5-8-16-24(21)38-30(27)29(26)37/h2-17,33H,1H3. The third-order valence-electron chi connectivity index (χ3n) is 8.02. The minimum absolute atomic E-state index is 0.500. The fourth-order valence-corrected chi connectivity index (χ4v) is 9.05. The number of rotatable bonds is 1. The van der Waals surface area contributed by atoms with Gasteiger partial charge in [-0.2, -0.15) is 0 Å². The first-order chi connectivity index (χ1) is 19.2. The van der Waals surface area contributed by atoms with Gasteiger partial charge >= 0.3 is 0 Å². The topological polar surface area (TPSA) is 20.5 Å². The van der Waals surface area contributed by atoms with Crippen molar-refractivity contribution in [1.29, 1.82) is 0 Å². The van der Waals surface area contributed by atoms with Crippen LogP contribution in [0.3, 0.4) is 0 Å². The van der Waals surface area contributed by atoms with Crippen molar-refractivity contribution in [2.75, 3.05) is 7.05 Å². The maximum atomic E-state index is 6.98. The molecule has 1 aliphatic heterocycles. The van der Waals surface area contributed by atoms with E-state index in [4.69, 9.17) is 16.6 Å². The molecule has 1 unspecified atom stereocenters. The molecule has 39 heavy (non-hydrogen) atoms. The molecule has 0 amide bonds. The van der Waals surface area contributed by atoms with Crippen molar-refractivity contribution in [3.63, 3.8) is 0 Å². The van der Waals surface area contributed by atoms with Crippen LogP contribution in [0.4, 0.5) is 0 Å². The van der Waals surface area contributed by atoms with E-state index >= 15 is 0 Å². The normalized spacial score (nSPS) is 15.8. The summed E-state index contributed by atoms with van der Waals surface area (Å²) in [6.07, 6.45) is 0. The molecule has 3 aromatic heterocycles. The van der Waals surface area contributed by atoms with Gasteiger partial charge in [0.1, 0.15) is 5.82 Å². The number of fused-ring (bicyclic) bond motifs is 13. The quantitative estimate of drug-likeness (QED) is 0.147. The Morgan fingerprint density at radius 3 is 2.03 bits per heavy atom. The highest BCUT2D eigenvalue weighted by Crippen LogP contribution is 2.47. The molecule has 0 bridgehead atoms. The lowest BCUT2D eigenvalue weighted by molar-refractivity contribution is 0.420.